The maximum Gasteiger partial charge on any atom is 0.332 e. The second kappa shape index (κ2) is 18.0. The van der Waals surface area contributed by atoms with Gasteiger partial charge in [0.25, 0.3) is 5.91 Å². The first-order chi connectivity index (χ1) is 23.6. The highest BCUT2D eigenvalue weighted by Gasteiger charge is 2.42. The number of benzene rings is 1. The first-order valence-electron chi connectivity index (χ1n) is 16.2. The molecular weight excluding hydrogens is 656 g/mol. The van der Waals surface area contributed by atoms with E-state index in [1.54, 1.807) is 71.9 Å². The Labute approximate surface area is 289 Å². The molecule has 1 unspecified atom stereocenters. The predicted octanol–water partition coefficient (Wildman–Crippen LogP) is 2.55. The molecule has 1 fully saturated rings. The minimum atomic E-state index is -1.61. The van der Waals surface area contributed by atoms with Gasteiger partial charge in [0.2, 0.25) is 12.2 Å². The second-order valence-corrected chi connectivity index (χ2v) is 12.6. The van der Waals surface area contributed by atoms with Gasteiger partial charge in [0.15, 0.2) is 30.3 Å². The van der Waals surface area contributed by atoms with Crippen molar-refractivity contribution in [3.8, 4) is 5.75 Å². The topological polar surface area (TPSA) is 192 Å². The van der Waals surface area contributed by atoms with Crippen molar-refractivity contribution in [2.75, 3.05) is 13.4 Å². The van der Waals surface area contributed by atoms with E-state index in [0.29, 0.717) is 0 Å². The lowest BCUT2D eigenvalue weighted by Crippen LogP contribution is -2.47. The predicted molar refractivity (Wildman–Crippen MR) is 174 cm³/mol. The van der Waals surface area contributed by atoms with Gasteiger partial charge >= 0.3 is 29.8 Å². The highest BCUT2D eigenvalue weighted by atomic mass is 16.7. The molecule has 1 saturated heterocycles. The number of amides is 1. The van der Waals surface area contributed by atoms with Crippen LogP contribution in [0.15, 0.2) is 47.4 Å². The number of nitrogens with zero attached hydrogens (tertiary/aromatic N) is 1. The van der Waals surface area contributed by atoms with Crippen LogP contribution in [0.4, 0.5) is 0 Å². The van der Waals surface area contributed by atoms with Crippen LogP contribution in [0.25, 0.3) is 0 Å². The minimum absolute atomic E-state index is 0.0854. The molecule has 1 aliphatic rings. The highest BCUT2D eigenvalue weighted by molar-refractivity contribution is 5.98. The Morgan fingerprint density at radius 2 is 1.48 bits per heavy atom. The molecule has 1 aromatic heterocycles. The molecule has 2 aromatic rings. The molecule has 0 radical (unpaired) electrons. The molecule has 2 heterocycles. The third kappa shape index (κ3) is 10.6. The number of esters is 5. The van der Waals surface area contributed by atoms with E-state index in [1.807, 2.05) is 0 Å². The Kier molecular flexibility index (Phi) is 14.1. The SMILES string of the molecule is CC(C)C(=O)OCOc1c(C(=O)N[C@H]2COC(=O)C(Cc3ccccc3)[C@@H](OC(=O)C(C)C)[C@H](C)OC2=O)n(COC(=O)C(C)C)ccc1=O. The summed E-state index contributed by atoms with van der Waals surface area (Å²) in [5.74, 6) is -8.04. The number of cyclic esters (lactones) is 2. The summed E-state index contributed by atoms with van der Waals surface area (Å²) >= 11 is 0. The molecule has 0 saturated carbocycles. The second-order valence-electron chi connectivity index (χ2n) is 12.6. The lowest BCUT2D eigenvalue weighted by Gasteiger charge is -2.29. The first kappa shape index (κ1) is 39.2. The summed E-state index contributed by atoms with van der Waals surface area (Å²) in [5, 5.41) is 2.41. The lowest BCUT2D eigenvalue weighted by molar-refractivity contribution is -0.176. The monoisotopic (exact) mass is 700 g/mol. The van der Waals surface area contributed by atoms with Gasteiger partial charge in [-0.25, -0.2) is 4.79 Å². The van der Waals surface area contributed by atoms with Crippen LogP contribution in [0.1, 0.15) is 64.5 Å². The van der Waals surface area contributed by atoms with E-state index in [2.05, 4.69) is 5.32 Å². The zero-order valence-corrected chi connectivity index (χ0v) is 29.2. The van der Waals surface area contributed by atoms with Crippen molar-refractivity contribution in [2.24, 2.45) is 23.7 Å². The van der Waals surface area contributed by atoms with Crippen molar-refractivity contribution in [3.63, 3.8) is 0 Å². The average molecular weight is 701 g/mol. The van der Waals surface area contributed by atoms with Gasteiger partial charge in [-0.15, -0.1) is 0 Å². The third-order valence-corrected chi connectivity index (χ3v) is 7.51. The lowest BCUT2D eigenvalue weighted by atomic mass is 9.91. The van der Waals surface area contributed by atoms with Gasteiger partial charge in [-0.2, -0.15) is 0 Å². The summed E-state index contributed by atoms with van der Waals surface area (Å²) in [6.45, 7) is 9.10. The fourth-order valence-corrected chi connectivity index (χ4v) is 4.63. The molecule has 0 aliphatic carbocycles. The van der Waals surface area contributed by atoms with Crippen LogP contribution in [0.5, 0.6) is 5.75 Å². The smallest absolute Gasteiger partial charge is 0.332 e. The van der Waals surface area contributed by atoms with Crippen LogP contribution in [-0.4, -0.2) is 72.0 Å². The molecule has 50 heavy (non-hydrogen) atoms. The number of nitrogens with one attached hydrogen (secondary N) is 1. The first-order valence-corrected chi connectivity index (χ1v) is 16.2. The van der Waals surface area contributed by atoms with Gasteiger partial charge < -0.3 is 38.3 Å². The Morgan fingerprint density at radius 1 is 0.860 bits per heavy atom. The summed E-state index contributed by atoms with van der Waals surface area (Å²) < 4.78 is 33.6. The minimum Gasteiger partial charge on any atom is -0.463 e. The number of hydrogen-bond donors (Lipinski definition) is 1. The quantitative estimate of drug-likeness (QED) is 0.182. The molecule has 15 heteroatoms. The highest BCUT2D eigenvalue weighted by Crippen LogP contribution is 2.25. The van der Waals surface area contributed by atoms with Crippen molar-refractivity contribution < 1.29 is 57.2 Å². The van der Waals surface area contributed by atoms with Crippen LogP contribution in [0, 0.1) is 23.7 Å². The van der Waals surface area contributed by atoms with Gasteiger partial charge in [-0.3, -0.25) is 28.8 Å². The summed E-state index contributed by atoms with van der Waals surface area (Å²) in [6.07, 6.45) is -1.14. The van der Waals surface area contributed by atoms with E-state index in [0.717, 1.165) is 16.2 Å². The molecule has 1 aliphatic heterocycles. The molecule has 1 aromatic carbocycles. The number of ether oxygens (including phenoxy) is 6. The average Bonchev–Trinajstić information content (AvgIpc) is 3.10. The number of carbonyl (C=O) groups excluding carboxylic acids is 6. The summed E-state index contributed by atoms with van der Waals surface area (Å²) in [4.78, 5) is 90.7. The maximum atomic E-state index is 13.9. The van der Waals surface area contributed by atoms with E-state index in [1.165, 1.54) is 13.1 Å². The maximum absolute atomic E-state index is 13.9. The number of carbonyl (C=O) groups is 6. The summed E-state index contributed by atoms with van der Waals surface area (Å²) in [7, 11) is 0. The fraction of sp³-hybridized carbons (Fsp3) is 0.514. The summed E-state index contributed by atoms with van der Waals surface area (Å²) in [5.41, 5.74) is -0.556. The number of hydrogen-bond acceptors (Lipinski definition) is 13. The van der Waals surface area contributed by atoms with Crippen molar-refractivity contribution in [2.45, 2.75) is 79.9 Å². The van der Waals surface area contributed by atoms with Crippen LogP contribution in [0.3, 0.4) is 0 Å². The molecule has 15 nitrogen and oxygen atoms in total. The fourth-order valence-electron chi connectivity index (χ4n) is 4.63. The van der Waals surface area contributed by atoms with E-state index in [9.17, 15) is 33.6 Å². The zero-order valence-electron chi connectivity index (χ0n) is 29.2. The molecule has 3 rings (SSSR count). The third-order valence-electron chi connectivity index (χ3n) is 7.51. The molecule has 0 spiro atoms. The van der Waals surface area contributed by atoms with Crippen molar-refractivity contribution >= 4 is 35.8 Å². The van der Waals surface area contributed by atoms with E-state index < -0.39 is 115 Å². The van der Waals surface area contributed by atoms with Crippen molar-refractivity contribution in [1.29, 1.82) is 0 Å². The van der Waals surface area contributed by atoms with Gasteiger partial charge in [-0.1, -0.05) is 71.9 Å². The van der Waals surface area contributed by atoms with Gasteiger partial charge in [0, 0.05) is 12.3 Å². The van der Waals surface area contributed by atoms with Crippen LogP contribution in [0.2, 0.25) is 0 Å². The van der Waals surface area contributed by atoms with Crippen molar-refractivity contribution in [3.05, 3.63) is 64.1 Å². The van der Waals surface area contributed by atoms with Gasteiger partial charge in [0.05, 0.1) is 17.8 Å². The molecule has 1 N–H and O–H groups in total. The molecular formula is C35H44N2O13. The van der Waals surface area contributed by atoms with Crippen LogP contribution in [-0.2, 0) is 60.8 Å². The standard InChI is InChI=1S/C35H44N2O13/c1-19(2)31(40)46-17-37-14-13-26(38)29(47-18-48-32(41)20(3)4)27(37)30(39)36-25-16-45-34(43)24(15-23-11-9-8-10-12-23)28(22(7)49-35(25)44)50-33(42)21(5)6/h8-14,19-22,24-25,28H,15-18H2,1-7H3,(H,36,39)/t22-,24?,25-,28-/m0/s1. The molecule has 4 atom stereocenters. The Hall–Kier alpha value is -5.21. The van der Waals surface area contributed by atoms with Crippen molar-refractivity contribution in [1.82, 2.24) is 9.88 Å². The normalized spacial score (nSPS) is 19.4. The van der Waals surface area contributed by atoms with E-state index in [-0.39, 0.29) is 6.42 Å². The number of pyridine rings is 1. The largest absolute Gasteiger partial charge is 0.463 e. The van der Waals surface area contributed by atoms with Gasteiger partial charge in [-0.05, 0) is 18.9 Å². The molecule has 0 bridgehead atoms. The van der Waals surface area contributed by atoms with Crippen LogP contribution >= 0.6 is 0 Å². The van der Waals surface area contributed by atoms with E-state index in [4.69, 9.17) is 28.4 Å². The molecule has 1 amide bonds. The Morgan fingerprint density at radius 3 is 2.10 bits per heavy atom. The molecule has 272 valence electrons. The van der Waals surface area contributed by atoms with E-state index >= 15 is 0 Å². The Balaban J connectivity index is 1.96. The van der Waals surface area contributed by atoms with Gasteiger partial charge in [0.1, 0.15) is 18.6 Å². The number of rotatable bonds is 13. The number of aromatic nitrogens is 1. The summed E-state index contributed by atoms with van der Waals surface area (Å²) in [6, 6.07) is 8.35. The zero-order chi connectivity index (χ0) is 37.1. The van der Waals surface area contributed by atoms with Crippen LogP contribution < -0.4 is 15.5 Å². The Bertz CT molecular complexity index is 1600.